The minimum atomic E-state index is -4.20. The third kappa shape index (κ3) is 10.4. The van der Waals surface area contributed by atoms with Crippen molar-refractivity contribution in [3.8, 4) is 0 Å². The van der Waals surface area contributed by atoms with Crippen LogP contribution in [0.1, 0.15) is 73.1 Å². The van der Waals surface area contributed by atoms with Crippen LogP contribution in [0, 0.1) is 0 Å². The van der Waals surface area contributed by atoms with E-state index < -0.39 is 64.1 Å². The quantitative estimate of drug-likeness (QED) is 0.388. The van der Waals surface area contributed by atoms with Crippen LogP contribution in [0.4, 0.5) is 4.79 Å². The first kappa shape index (κ1) is 35.2. The molecule has 3 rings (SSSR count). The molecule has 2 unspecified atom stereocenters. The summed E-state index contributed by atoms with van der Waals surface area (Å²) in [7, 11) is -4.20. The van der Waals surface area contributed by atoms with Crippen LogP contribution in [0.15, 0.2) is 33.6 Å². The fourth-order valence-electron chi connectivity index (χ4n) is 5.06. The van der Waals surface area contributed by atoms with E-state index in [0.29, 0.717) is 36.9 Å². The number of fused-ring (bicyclic) bond motifs is 1. The number of amides is 3. The van der Waals surface area contributed by atoms with Crippen LogP contribution in [0.5, 0.6) is 0 Å². The number of benzene rings is 1. The Bertz CT molecular complexity index is 1210. The highest BCUT2D eigenvalue weighted by Crippen LogP contribution is 2.28. The van der Waals surface area contributed by atoms with Crippen LogP contribution in [-0.2, 0) is 38.1 Å². The molecule has 0 radical (unpaired) electrons. The van der Waals surface area contributed by atoms with Crippen molar-refractivity contribution < 1.29 is 41.2 Å². The number of carbonyl (C=O) groups is 3. The maximum Gasteiger partial charge on any atom is 0.408 e. The van der Waals surface area contributed by atoms with E-state index in [1.54, 1.807) is 32.9 Å². The zero-order chi connectivity index (χ0) is 31.8. The summed E-state index contributed by atoms with van der Waals surface area (Å²) >= 11 is 3.29. The summed E-state index contributed by atoms with van der Waals surface area (Å²) in [5, 5.41) is 5.65. The molecule has 12 nitrogen and oxygen atoms in total. The van der Waals surface area contributed by atoms with Crippen molar-refractivity contribution in [3.05, 3.63) is 28.7 Å². The van der Waals surface area contributed by atoms with Gasteiger partial charge in [-0.05, 0) is 77.6 Å². The average Bonchev–Trinajstić information content (AvgIpc) is 3.33. The van der Waals surface area contributed by atoms with Gasteiger partial charge < -0.3 is 29.7 Å². The molecule has 2 saturated heterocycles. The van der Waals surface area contributed by atoms with E-state index in [1.807, 2.05) is 13.8 Å². The second-order valence-corrected chi connectivity index (χ2v) is 14.1. The summed E-state index contributed by atoms with van der Waals surface area (Å²) in [5.74, 6) is -1.01. The third-order valence-corrected chi connectivity index (χ3v) is 8.86. The molecule has 0 aliphatic carbocycles. The minimum Gasteiger partial charge on any atom is -0.444 e. The monoisotopic (exact) mass is 689 g/mol. The van der Waals surface area contributed by atoms with Crippen LogP contribution < -0.4 is 10.6 Å². The van der Waals surface area contributed by atoms with E-state index >= 15 is 0 Å². The molecule has 2 N–H and O–H groups in total. The van der Waals surface area contributed by atoms with Gasteiger partial charge in [0.1, 0.15) is 17.7 Å². The molecule has 242 valence electrons. The lowest BCUT2D eigenvalue weighted by atomic mass is 10.1. The topological polar surface area (TPSA) is 150 Å². The molecule has 1 aromatic carbocycles. The lowest BCUT2D eigenvalue weighted by Crippen LogP contribution is -2.56. The Morgan fingerprint density at radius 3 is 2.49 bits per heavy atom. The van der Waals surface area contributed by atoms with E-state index in [-0.39, 0.29) is 24.3 Å². The van der Waals surface area contributed by atoms with E-state index in [2.05, 4.69) is 26.6 Å². The Morgan fingerprint density at radius 1 is 1.16 bits per heavy atom. The van der Waals surface area contributed by atoms with Gasteiger partial charge in [-0.2, -0.15) is 8.42 Å². The summed E-state index contributed by atoms with van der Waals surface area (Å²) < 4.78 is 49.7. The van der Waals surface area contributed by atoms with Crippen molar-refractivity contribution in [1.82, 2.24) is 15.5 Å². The Labute approximate surface area is 262 Å². The first-order valence-electron chi connectivity index (χ1n) is 14.8. The molecule has 1 aromatic rings. The Kier molecular flexibility index (Phi) is 12.8. The maximum atomic E-state index is 14.0. The first-order chi connectivity index (χ1) is 20.2. The summed E-state index contributed by atoms with van der Waals surface area (Å²) in [4.78, 5) is 41.7. The fraction of sp³-hybridized carbons (Fsp3) is 0.690. The number of rotatable bonds is 8. The van der Waals surface area contributed by atoms with Crippen molar-refractivity contribution in [2.75, 3.05) is 19.8 Å². The van der Waals surface area contributed by atoms with Gasteiger partial charge in [0.15, 0.2) is 6.29 Å². The van der Waals surface area contributed by atoms with Crippen molar-refractivity contribution in [2.24, 2.45) is 0 Å². The first-order valence-corrected chi connectivity index (χ1v) is 17.0. The highest BCUT2D eigenvalue weighted by molar-refractivity contribution is 9.10. The van der Waals surface area contributed by atoms with Crippen molar-refractivity contribution in [3.63, 3.8) is 0 Å². The normalized spacial score (nSPS) is 26.0. The van der Waals surface area contributed by atoms with Gasteiger partial charge in [0.05, 0.1) is 17.0 Å². The van der Waals surface area contributed by atoms with Gasteiger partial charge in [0.2, 0.25) is 11.8 Å². The number of hydrogen-bond donors (Lipinski definition) is 2. The number of nitrogens with one attached hydrogen (secondary N) is 2. The van der Waals surface area contributed by atoms with E-state index in [1.165, 1.54) is 17.0 Å². The van der Waals surface area contributed by atoms with E-state index in [9.17, 15) is 22.8 Å². The predicted octanol–water partition coefficient (Wildman–Crippen LogP) is 3.87. The second-order valence-electron chi connectivity index (χ2n) is 11.7. The van der Waals surface area contributed by atoms with Gasteiger partial charge in [-0.3, -0.25) is 13.8 Å². The molecular formula is C29H44BrN3O9S. The number of hydrogen-bond acceptors (Lipinski definition) is 9. The maximum absolute atomic E-state index is 14.0. The summed E-state index contributed by atoms with van der Waals surface area (Å²) in [6.45, 7) is 9.51. The lowest BCUT2D eigenvalue weighted by molar-refractivity contribution is -0.163. The molecule has 2 aliphatic rings. The van der Waals surface area contributed by atoms with Crippen molar-refractivity contribution in [1.29, 1.82) is 0 Å². The molecule has 0 aromatic heterocycles. The lowest BCUT2D eigenvalue weighted by Gasteiger charge is -2.31. The zero-order valence-corrected chi connectivity index (χ0v) is 27.9. The Balaban J connectivity index is 1.93. The van der Waals surface area contributed by atoms with E-state index in [0.717, 1.165) is 6.42 Å². The molecule has 2 heterocycles. The van der Waals surface area contributed by atoms with Crippen molar-refractivity contribution in [2.45, 2.75) is 114 Å². The molecule has 43 heavy (non-hydrogen) atoms. The van der Waals surface area contributed by atoms with Crippen LogP contribution >= 0.6 is 15.9 Å². The molecular weight excluding hydrogens is 646 g/mol. The molecule has 0 spiro atoms. The van der Waals surface area contributed by atoms with Gasteiger partial charge >= 0.3 is 6.09 Å². The molecule has 14 heteroatoms. The SMILES string of the molecule is CCCC1NC(=O)[C@@H]2C[C@H](OS(=O)(=O)c3ccc(Br)cc3)CN2C(=O)[C@@H](NC(=O)OC(C)(C)C)CCCCOC1OCC. The molecule has 3 amide bonds. The third-order valence-electron chi connectivity index (χ3n) is 6.96. The largest absolute Gasteiger partial charge is 0.444 e. The van der Waals surface area contributed by atoms with Gasteiger partial charge in [0.25, 0.3) is 10.1 Å². The Morgan fingerprint density at radius 2 is 1.86 bits per heavy atom. The standard InChI is InChI=1S/C29H44BrN3O9S/c1-6-10-23-27(39-7-2)40-16-9-8-11-22(32-28(36)41-29(3,4)5)26(35)33-18-20(17-24(33)25(34)31-23)42-43(37,38)21-14-12-19(30)13-15-21/h12-15,20,22-24,27H,6-11,16-18H2,1-5H3,(H,31,34)(H,32,36)/t20-,22-,23?,24-,27?/m0/s1. The summed E-state index contributed by atoms with van der Waals surface area (Å²) in [6.07, 6.45) is 0.155. The second kappa shape index (κ2) is 15.6. The van der Waals surface area contributed by atoms with Gasteiger partial charge in [-0.25, -0.2) is 4.79 Å². The van der Waals surface area contributed by atoms with Crippen LogP contribution in [-0.4, -0.2) is 87.1 Å². The molecule has 0 bridgehead atoms. The number of nitrogens with zero attached hydrogens (tertiary/aromatic N) is 1. The van der Waals surface area contributed by atoms with Crippen LogP contribution in [0.3, 0.4) is 0 Å². The molecule has 0 saturated carbocycles. The number of alkyl carbamates (subject to hydrolysis) is 1. The van der Waals surface area contributed by atoms with Crippen LogP contribution in [0.2, 0.25) is 0 Å². The fourth-order valence-corrected chi connectivity index (χ4v) is 6.41. The average molecular weight is 691 g/mol. The number of halogens is 1. The number of carbonyl (C=O) groups excluding carboxylic acids is 3. The van der Waals surface area contributed by atoms with Gasteiger partial charge in [0, 0.05) is 30.7 Å². The highest BCUT2D eigenvalue weighted by Gasteiger charge is 2.45. The molecule has 2 aliphatic heterocycles. The smallest absolute Gasteiger partial charge is 0.408 e. The van der Waals surface area contributed by atoms with Gasteiger partial charge in [-0.1, -0.05) is 29.3 Å². The summed E-state index contributed by atoms with van der Waals surface area (Å²) in [6, 6.07) is 3.42. The minimum absolute atomic E-state index is 0.0483. The highest BCUT2D eigenvalue weighted by atomic mass is 79.9. The Hall–Kier alpha value is -2.26. The van der Waals surface area contributed by atoms with Crippen LogP contribution in [0.25, 0.3) is 0 Å². The molecule has 5 atom stereocenters. The van der Waals surface area contributed by atoms with E-state index in [4.69, 9.17) is 18.4 Å². The predicted molar refractivity (Wildman–Crippen MR) is 162 cm³/mol. The van der Waals surface area contributed by atoms with Gasteiger partial charge in [-0.15, -0.1) is 0 Å². The molecule has 2 fully saturated rings. The summed E-state index contributed by atoms with van der Waals surface area (Å²) in [5.41, 5.74) is -0.788. The zero-order valence-electron chi connectivity index (χ0n) is 25.5. The van der Waals surface area contributed by atoms with Crippen molar-refractivity contribution >= 4 is 44.0 Å². The number of ether oxygens (including phenoxy) is 3.